The molecule has 2 aromatic rings. The van der Waals surface area contributed by atoms with Crippen LogP contribution in [0.25, 0.3) is 0 Å². The Balaban J connectivity index is 1.84. The van der Waals surface area contributed by atoms with E-state index in [0.29, 0.717) is 24.5 Å². The summed E-state index contributed by atoms with van der Waals surface area (Å²) < 4.78 is 6.49. The van der Waals surface area contributed by atoms with Crippen LogP contribution in [0.4, 0.5) is 17.1 Å². The first-order valence-electron chi connectivity index (χ1n) is 7.42. The molecule has 0 atom stereocenters. The van der Waals surface area contributed by atoms with Crippen molar-refractivity contribution in [2.75, 3.05) is 42.3 Å². The summed E-state index contributed by atoms with van der Waals surface area (Å²) in [5.41, 5.74) is 8.85. The molecule has 23 heavy (non-hydrogen) atoms. The molecule has 3 rings (SSSR count). The van der Waals surface area contributed by atoms with Gasteiger partial charge in [-0.3, -0.25) is 4.79 Å². The fraction of sp³-hybridized carbons (Fsp3) is 0.235. The maximum absolute atomic E-state index is 12.5. The molecule has 5 nitrogen and oxygen atoms in total. The maximum Gasteiger partial charge on any atom is 0.255 e. The van der Waals surface area contributed by atoms with Gasteiger partial charge in [0.05, 0.1) is 24.6 Å². The number of hydrogen-bond acceptors (Lipinski definition) is 4. The Bertz CT molecular complexity index is 697. The van der Waals surface area contributed by atoms with E-state index < -0.39 is 0 Å². The van der Waals surface area contributed by atoms with Gasteiger partial charge in [-0.2, -0.15) is 0 Å². The highest BCUT2D eigenvalue weighted by atomic mass is 127. The van der Waals surface area contributed by atoms with Crippen LogP contribution in [0.3, 0.4) is 0 Å². The van der Waals surface area contributed by atoms with Crippen LogP contribution in [0.1, 0.15) is 10.4 Å². The molecule has 1 heterocycles. The lowest BCUT2D eigenvalue weighted by atomic mass is 10.1. The SMILES string of the molecule is Nc1ccc(N2CCOCC2)c(NC(=O)c2ccc(I)cc2)c1. The molecule has 0 saturated carbocycles. The molecule has 0 aromatic heterocycles. The minimum absolute atomic E-state index is 0.137. The first-order valence-corrected chi connectivity index (χ1v) is 8.50. The van der Waals surface area contributed by atoms with Crippen LogP contribution in [0.5, 0.6) is 0 Å². The summed E-state index contributed by atoms with van der Waals surface area (Å²) in [6.07, 6.45) is 0. The van der Waals surface area contributed by atoms with E-state index in [1.165, 1.54) is 0 Å². The predicted octanol–water partition coefficient (Wildman–Crippen LogP) is 2.96. The van der Waals surface area contributed by atoms with Crippen LogP contribution < -0.4 is 16.0 Å². The van der Waals surface area contributed by atoms with Gasteiger partial charge in [-0.25, -0.2) is 0 Å². The number of halogens is 1. The maximum atomic E-state index is 12.5. The van der Waals surface area contributed by atoms with Crippen molar-refractivity contribution in [1.29, 1.82) is 0 Å². The number of nitrogens with two attached hydrogens (primary N) is 1. The lowest BCUT2D eigenvalue weighted by Crippen LogP contribution is -2.36. The number of hydrogen-bond donors (Lipinski definition) is 2. The van der Waals surface area contributed by atoms with E-state index in [-0.39, 0.29) is 5.91 Å². The summed E-state index contributed by atoms with van der Waals surface area (Å²) >= 11 is 2.22. The number of nitrogens with zero attached hydrogens (tertiary/aromatic N) is 1. The van der Waals surface area contributed by atoms with Gasteiger partial charge in [0.1, 0.15) is 0 Å². The van der Waals surface area contributed by atoms with Gasteiger partial charge in [0.15, 0.2) is 0 Å². The molecular formula is C17H18IN3O2. The quantitative estimate of drug-likeness (QED) is 0.589. The number of carbonyl (C=O) groups is 1. The summed E-state index contributed by atoms with van der Waals surface area (Å²) in [4.78, 5) is 14.7. The van der Waals surface area contributed by atoms with E-state index in [1.54, 1.807) is 6.07 Å². The summed E-state index contributed by atoms with van der Waals surface area (Å²) in [6, 6.07) is 13.1. The minimum Gasteiger partial charge on any atom is -0.399 e. The predicted molar refractivity (Wildman–Crippen MR) is 101 cm³/mol. The Morgan fingerprint density at radius 1 is 1.13 bits per heavy atom. The van der Waals surface area contributed by atoms with E-state index in [4.69, 9.17) is 10.5 Å². The highest BCUT2D eigenvalue weighted by Gasteiger charge is 2.17. The Morgan fingerprint density at radius 2 is 1.83 bits per heavy atom. The summed E-state index contributed by atoms with van der Waals surface area (Å²) in [5.74, 6) is -0.137. The number of nitrogen functional groups attached to an aromatic ring is 1. The first kappa shape index (κ1) is 16.1. The number of carbonyl (C=O) groups excluding carboxylic acids is 1. The van der Waals surface area contributed by atoms with Crippen LogP contribution in [0, 0.1) is 3.57 Å². The summed E-state index contributed by atoms with van der Waals surface area (Å²) in [6.45, 7) is 2.98. The zero-order valence-electron chi connectivity index (χ0n) is 12.6. The Kier molecular flexibility index (Phi) is 5.02. The van der Waals surface area contributed by atoms with Crippen LogP contribution >= 0.6 is 22.6 Å². The fourth-order valence-electron chi connectivity index (χ4n) is 2.53. The molecular weight excluding hydrogens is 405 g/mol. The molecule has 1 fully saturated rings. The number of rotatable bonds is 3. The van der Waals surface area contributed by atoms with E-state index in [0.717, 1.165) is 28.0 Å². The Morgan fingerprint density at radius 3 is 2.52 bits per heavy atom. The zero-order valence-corrected chi connectivity index (χ0v) is 14.7. The molecule has 0 radical (unpaired) electrons. The van der Waals surface area contributed by atoms with Crippen molar-refractivity contribution in [3.8, 4) is 0 Å². The molecule has 0 bridgehead atoms. The number of anilines is 3. The Labute approximate surface area is 148 Å². The summed E-state index contributed by atoms with van der Waals surface area (Å²) in [5, 5.41) is 2.98. The molecule has 0 spiro atoms. The minimum atomic E-state index is -0.137. The molecule has 1 amide bonds. The third-order valence-electron chi connectivity index (χ3n) is 3.73. The van der Waals surface area contributed by atoms with Gasteiger partial charge in [0.25, 0.3) is 5.91 Å². The van der Waals surface area contributed by atoms with Crippen molar-refractivity contribution in [2.24, 2.45) is 0 Å². The van der Waals surface area contributed by atoms with Gasteiger partial charge in [-0.1, -0.05) is 0 Å². The highest BCUT2D eigenvalue weighted by molar-refractivity contribution is 14.1. The number of amides is 1. The number of morpholine rings is 1. The average Bonchev–Trinajstić information content (AvgIpc) is 2.56. The van der Waals surface area contributed by atoms with Crippen molar-refractivity contribution in [3.63, 3.8) is 0 Å². The lowest BCUT2D eigenvalue weighted by Gasteiger charge is -2.30. The normalized spacial score (nSPS) is 14.6. The highest BCUT2D eigenvalue weighted by Crippen LogP contribution is 2.29. The molecule has 0 aliphatic carbocycles. The second-order valence-electron chi connectivity index (χ2n) is 5.34. The molecule has 6 heteroatoms. The third-order valence-corrected chi connectivity index (χ3v) is 4.45. The summed E-state index contributed by atoms with van der Waals surface area (Å²) in [7, 11) is 0. The van der Waals surface area contributed by atoms with Crippen molar-refractivity contribution in [3.05, 3.63) is 51.6 Å². The standard InChI is InChI=1S/C17H18IN3O2/c18-13-3-1-12(2-4-13)17(22)20-15-11-14(19)5-6-16(15)21-7-9-23-10-8-21/h1-6,11H,7-10,19H2,(H,20,22). The second kappa shape index (κ2) is 7.18. The van der Waals surface area contributed by atoms with Gasteiger partial charge < -0.3 is 20.7 Å². The van der Waals surface area contributed by atoms with E-state index in [9.17, 15) is 4.79 Å². The molecule has 1 aliphatic heterocycles. The second-order valence-corrected chi connectivity index (χ2v) is 6.58. The lowest BCUT2D eigenvalue weighted by molar-refractivity contribution is 0.102. The number of benzene rings is 2. The molecule has 1 saturated heterocycles. The van der Waals surface area contributed by atoms with Crippen LogP contribution in [-0.4, -0.2) is 32.2 Å². The van der Waals surface area contributed by atoms with E-state index >= 15 is 0 Å². The van der Waals surface area contributed by atoms with Crippen molar-refractivity contribution in [1.82, 2.24) is 0 Å². The molecule has 2 aromatic carbocycles. The molecule has 1 aliphatic rings. The first-order chi connectivity index (χ1) is 11.1. The smallest absolute Gasteiger partial charge is 0.255 e. The molecule has 0 unspecified atom stereocenters. The molecule has 120 valence electrons. The monoisotopic (exact) mass is 423 g/mol. The zero-order chi connectivity index (χ0) is 16.2. The van der Waals surface area contributed by atoms with E-state index in [2.05, 4.69) is 32.8 Å². The van der Waals surface area contributed by atoms with Crippen molar-refractivity contribution < 1.29 is 9.53 Å². The van der Waals surface area contributed by atoms with Crippen LogP contribution in [0.15, 0.2) is 42.5 Å². The number of ether oxygens (including phenoxy) is 1. The topological polar surface area (TPSA) is 67.6 Å². The van der Waals surface area contributed by atoms with Crippen LogP contribution in [0.2, 0.25) is 0 Å². The molecule has 3 N–H and O–H groups in total. The number of nitrogens with one attached hydrogen (secondary N) is 1. The van der Waals surface area contributed by atoms with E-state index in [1.807, 2.05) is 36.4 Å². The van der Waals surface area contributed by atoms with Gasteiger partial charge >= 0.3 is 0 Å². The van der Waals surface area contributed by atoms with Gasteiger partial charge in [0.2, 0.25) is 0 Å². The average molecular weight is 423 g/mol. The van der Waals surface area contributed by atoms with Gasteiger partial charge in [-0.15, -0.1) is 0 Å². The third kappa shape index (κ3) is 3.94. The van der Waals surface area contributed by atoms with Crippen LogP contribution in [-0.2, 0) is 4.74 Å². The van der Waals surface area contributed by atoms with Gasteiger partial charge in [-0.05, 0) is 65.1 Å². The van der Waals surface area contributed by atoms with Crippen molar-refractivity contribution >= 4 is 45.6 Å². The fourth-order valence-corrected chi connectivity index (χ4v) is 2.89. The Hall–Kier alpha value is -1.80. The largest absolute Gasteiger partial charge is 0.399 e. The van der Waals surface area contributed by atoms with Gasteiger partial charge in [0, 0.05) is 27.9 Å². The van der Waals surface area contributed by atoms with Crippen molar-refractivity contribution in [2.45, 2.75) is 0 Å².